The van der Waals surface area contributed by atoms with Gasteiger partial charge in [0.1, 0.15) is 18.0 Å². The summed E-state index contributed by atoms with van der Waals surface area (Å²) in [5, 5.41) is 0. The first-order valence-electron chi connectivity index (χ1n) is 10.3. The molecular weight excluding hydrogens is 379 g/mol. The van der Waals surface area contributed by atoms with Gasteiger partial charge in [-0.3, -0.25) is 4.79 Å². The quantitative estimate of drug-likeness (QED) is 0.642. The molecule has 1 saturated heterocycles. The molecule has 1 aromatic heterocycles. The number of benzene rings is 2. The molecule has 1 atom stereocenters. The minimum absolute atomic E-state index is 0.101. The topological polar surface area (TPSA) is 49.3 Å². The van der Waals surface area contributed by atoms with E-state index in [4.69, 9.17) is 0 Å². The van der Waals surface area contributed by atoms with Crippen LogP contribution in [0.4, 0.5) is 10.2 Å². The van der Waals surface area contributed by atoms with Gasteiger partial charge in [0.25, 0.3) is 0 Å². The maximum atomic E-state index is 13.6. The number of amides is 1. The van der Waals surface area contributed by atoms with Crippen LogP contribution >= 0.6 is 0 Å². The highest BCUT2D eigenvalue weighted by Gasteiger charge is 2.28. The lowest BCUT2D eigenvalue weighted by molar-refractivity contribution is -0.133. The fourth-order valence-corrected chi connectivity index (χ4v) is 3.94. The Labute approximate surface area is 176 Å². The summed E-state index contributed by atoms with van der Waals surface area (Å²) in [6.45, 7) is 4.77. The van der Waals surface area contributed by atoms with Gasteiger partial charge >= 0.3 is 0 Å². The molecule has 0 bridgehead atoms. The van der Waals surface area contributed by atoms with Crippen molar-refractivity contribution in [3.63, 3.8) is 0 Å². The summed E-state index contributed by atoms with van der Waals surface area (Å²) in [7, 11) is 0. The number of hydrogen-bond acceptors (Lipinski definition) is 4. The second kappa shape index (κ2) is 9.03. The summed E-state index contributed by atoms with van der Waals surface area (Å²) in [6, 6.07) is 18.3. The molecule has 0 spiro atoms. The van der Waals surface area contributed by atoms with Crippen LogP contribution in [0, 0.1) is 5.82 Å². The molecule has 5 nitrogen and oxygen atoms in total. The summed E-state index contributed by atoms with van der Waals surface area (Å²) < 4.78 is 13.6. The van der Waals surface area contributed by atoms with E-state index in [1.807, 2.05) is 47.4 Å². The molecule has 3 aromatic rings. The Morgan fingerprint density at radius 2 is 1.77 bits per heavy atom. The molecule has 1 amide bonds. The van der Waals surface area contributed by atoms with Gasteiger partial charge in [-0.25, -0.2) is 14.4 Å². The maximum Gasteiger partial charge on any atom is 0.230 e. The number of rotatable bonds is 5. The van der Waals surface area contributed by atoms with Gasteiger partial charge < -0.3 is 9.80 Å². The van der Waals surface area contributed by atoms with E-state index in [1.165, 1.54) is 18.5 Å². The van der Waals surface area contributed by atoms with Crippen molar-refractivity contribution in [1.82, 2.24) is 14.9 Å². The van der Waals surface area contributed by atoms with Gasteiger partial charge in [0.15, 0.2) is 0 Å². The van der Waals surface area contributed by atoms with Crippen LogP contribution in [-0.4, -0.2) is 47.0 Å². The van der Waals surface area contributed by atoms with E-state index in [0.29, 0.717) is 31.9 Å². The Kier molecular flexibility index (Phi) is 6.02. The second-order valence-corrected chi connectivity index (χ2v) is 7.46. The lowest BCUT2D eigenvalue weighted by Crippen LogP contribution is -2.50. The molecule has 4 rings (SSSR count). The zero-order chi connectivity index (χ0) is 20.9. The van der Waals surface area contributed by atoms with Crippen LogP contribution in [0.15, 0.2) is 67.0 Å². The fraction of sp³-hybridized carbons (Fsp3) is 0.292. The van der Waals surface area contributed by atoms with Gasteiger partial charge in [0.2, 0.25) is 5.91 Å². The lowest BCUT2D eigenvalue weighted by atomic mass is 9.95. The van der Waals surface area contributed by atoms with Crippen LogP contribution in [0.2, 0.25) is 0 Å². The van der Waals surface area contributed by atoms with E-state index in [1.54, 1.807) is 6.07 Å². The average molecular weight is 404 g/mol. The third-order valence-corrected chi connectivity index (χ3v) is 5.60. The number of hydrogen-bond donors (Lipinski definition) is 0. The summed E-state index contributed by atoms with van der Waals surface area (Å²) in [5.74, 6) is 0.595. The molecule has 1 aliphatic heterocycles. The molecule has 6 heteroatoms. The Morgan fingerprint density at radius 3 is 2.47 bits per heavy atom. The van der Waals surface area contributed by atoms with Crippen LogP contribution in [0.25, 0.3) is 11.3 Å². The number of aromatic nitrogens is 2. The van der Waals surface area contributed by atoms with E-state index in [2.05, 4.69) is 21.8 Å². The van der Waals surface area contributed by atoms with Gasteiger partial charge in [0.05, 0.1) is 11.6 Å². The smallest absolute Gasteiger partial charge is 0.230 e. The van der Waals surface area contributed by atoms with Gasteiger partial charge in [-0.05, 0) is 24.1 Å². The highest BCUT2D eigenvalue weighted by atomic mass is 19.1. The minimum atomic E-state index is -0.288. The Bertz CT molecular complexity index is 1000. The monoisotopic (exact) mass is 404 g/mol. The molecule has 2 aromatic carbocycles. The van der Waals surface area contributed by atoms with Crippen LogP contribution in [0.3, 0.4) is 0 Å². The van der Waals surface area contributed by atoms with Crippen molar-refractivity contribution in [2.45, 2.75) is 19.3 Å². The van der Waals surface area contributed by atoms with Crippen molar-refractivity contribution in [2.24, 2.45) is 0 Å². The third kappa shape index (κ3) is 4.32. The van der Waals surface area contributed by atoms with E-state index in [0.717, 1.165) is 23.4 Å². The number of nitrogens with zero attached hydrogens (tertiary/aromatic N) is 4. The first kappa shape index (κ1) is 20.0. The molecule has 0 N–H and O–H groups in total. The summed E-state index contributed by atoms with van der Waals surface area (Å²) in [6.07, 6.45) is 2.29. The molecule has 30 heavy (non-hydrogen) atoms. The molecule has 2 heterocycles. The van der Waals surface area contributed by atoms with E-state index in [9.17, 15) is 9.18 Å². The van der Waals surface area contributed by atoms with Crippen molar-refractivity contribution < 1.29 is 9.18 Å². The Morgan fingerprint density at radius 1 is 1.00 bits per heavy atom. The number of halogens is 1. The first-order valence-corrected chi connectivity index (χ1v) is 10.3. The minimum Gasteiger partial charge on any atom is -0.353 e. The zero-order valence-electron chi connectivity index (χ0n) is 17.0. The molecule has 154 valence electrons. The van der Waals surface area contributed by atoms with Crippen molar-refractivity contribution in [3.8, 4) is 11.3 Å². The number of piperazine rings is 1. The van der Waals surface area contributed by atoms with Gasteiger partial charge in [-0.15, -0.1) is 0 Å². The van der Waals surface area contributed by atoms with Crippen LogP contribution < -0.4 is 4.90 Å². The van der Waals surface area contributed by atoms with Crippen LogP contribution in [0.5, 0.6) is 0 Å². The summed E-state index contributed by atoms with van der Waals surface area (Å²) in [4.78, 5) is 25.9. The number of carbonyl (C=O) groups excluding carboxylic acids is 1. The highest BCUT2D eigenvalue weighted by molar-refractivity contribution is 5.84. The van der Waals surface area contributed by atoms with Crippen molar-refractivity contribution in [1.29, 1.82) is 0 Å². The van der Waals surface area contributed by atoms with Crippen molar-refractivity contribution in [3.05, 3.63) is 78.4 Å². The van der Waals surface area contributed by atoms with Gasteiger partial charge in [0, 0.05) is 37.8 Å². The van der Waals surface area contributed by atoms with E-state index >= 15 is 0 Å². The maximum absolute atomic E-state index is 13.6. The van der Waals surface area contributed by atoms with Crippen LogP contribution in [0.1, 0.15) is 24.8 Å². The molecule has 0 unspecified atom stereocenters. The molecular formula is C24H25FN4O. The van der Waals surface area contributed by atoms with E-state index < -0.39 is 0 Å². The highest BCUT2D eigenvalue weighted by Crippen LogP contribution is 2.25. The second-order valence-electron chi connectivity index (χ2n) is 7.46. The average Bonchev–Trinajstić information content (AvgIpc) is 2.80. The first-order chi connectivity index (χ1) is 14.7. The van der Waals surface area contributed by atoms with Crippen molar-refractivity contribution in [2.75, 3.05) is 31.1 Å². The predicted molar refractivity (Wildman–Crippen MR) is 116 cm³/mol. The zero-order valence-corrected chi connectivity index (χ0v) is 17.0. The van der Waals surface area contributed by atoms with E-state index in [-0.39, 0.29) is 17.6 Å². The standard InChI is InChI=1S/C24H25FN4O/c1-2-21(18-7-4-3-5-8-18)24(30)29-13-11-28(12-14-29)23-16-22(26-17-27-23)19-9-6-10-20(25)15-19/h3-10,15-17,21H,2,11-14H2,1H3/t21-/m0/s1. The number of carbonyl (C=O) groups is 1. The Hall–Kier alpha value is -3.28. The largest absolute Gasteiger partial charge is 0.353 e. The summed E-state index contributed by atoms with van der Waals surface area (Å²) >= 11 is 0. The molecule has 0 radical (unpaired) electrons. The molecule has 1 fully saturated rings. The van der Waals surface area contributed by atoms with Crippen molar-refractivity contribution >= 4 is 11.7 Å². The fourth-order valence-electron chi connectivity index (χ4n) is 3.94. The molecule has 1 aliphatic rings. The third-order valence-electron chi connectivity index (χ3n) is 5.60. The van der Waals surface area contributed by atoms with Crippen LogP contribution in [-0.2, 0) is 4.79 Å². The molecule has 0 aliphatic carbocycles. The summed E-state index contributed by atoms with van der Waals surface area (Å²) in [5.41, 5.74) is 2.48. The normalized spacial score (nSPS) is 15.1. The lowest BCUT2D eigenvalue weighted by Gasteiger charge is -2.37. The number of anilines is 1. The van der Waals surface area contributed by atoms with Gasteiger partial charge in [-0.2, -0.15) is 0 Å². The predicted octanol–water partition coefficient (Wildman–Crippen LogP) is 4.13. The SMILES string of the molecule is CC[C@H](C(=O)N1CCN(c2cc(-c3cccc(F)c3)ncn2)CC1)c1ccccc1. The molecule has 0 saturated carbocycles. The van der Waals surface area contributed by atoms with Gasteiger partial charge in [-0.1, -0.05) is 49.4 Å². The Balaban J connectivity index is 1.43.